The molecule has 2 atom stereocenters. The molecule has 2 rings (SSSR count). The van der Waals surface area contributed by atoms with Crippen LogP contribution in [0.3, 0.4) is 0 Å². The van der Waals surface area contributed by atoms with Crippen molar-refractivity contribution in [1.29, 1.82) is 0 Å². The highest BCUT2D eigenvalue weighted by molar-refractivity contribution is 5.82. The maximum atomic E-state index is 12.5. The number of hydrogen-bond acceptors (Lipinski definition) is 2. The van der Waals surface area contributed by atoms with E-state index in [-0.39, 0.29) is 11.9 Å². The molecular weight excluding hydrogens is 236 g/mol. The van der Waals surface area contributed by atoms with E-state index in [1.165, 1.54) is 44.9 Å². The Kier molecular flexibility index (Phi) is 5.68. The monoisotopic (exact) mass is 266 g/mol. The maximum Gasteiger partial charge on any atom is 0.239 e. The lowest BCUT2D eigenvalue weighted by Crippen LogP contribution is -2.48. The molecule has 2 unspecified atom stereocenters. The molecule has 0 aromatic carbocycles. The van der Waals surface area contributed by atoms with Gasteiger partial charge in [0.05, 0.1) is 6.04 Å². The number of likely N-dealkylation sites (tertiary alicyclic amines) is 1. The Labute approximate surface area is 117 Å². The zero-order valence-corrected chi connectivity index (χ0v) is 12.4. The first-order chi connectivity index (χ1) is 9.24. The second-order valence-electron chi connectivity index (χ2n) is 6.39. The summed E-state index contributed by atoms with van der Waals surface area (Å²) in [5, 5.41) is 0. The molecule has 0 spiro atoms. The van der Waals surface area contributed by atoms with Crippen LogP contribution in [0.5, 0.6) is 0 Å². The van der Waals surface area contributed by atoms with Crippen molar-refractivity contribution in [3.8, 4) is 0 Å². The zero-order valence-electron chi connectivity index (χ0n) is 12.4. The van der Waals surface area contributed by atoms with Gasteiger partial charge in [-0.1, -0.05) is 39.0 Å². The number of carbonyl (C=O) groups is 1. The highest BCUT2D eigenvalue weighted by Gasteiger charge is 2.36. The predicted octanol–water partition coefficient (Wildman–Crippen LogP) is 3.08. The van der Waals surface area contributed by atoms with Crippen LogP contribution in [0.25, 0.3) is 0 Å². The summed E-state index contributed by atoms with van der Waals surface area (Å²) in [5.74, 6) is 0.972. The van der Waals surface area contributed by atoms with Gasteiger partial charge in [0.25, 0.3) is 0 Å². The van der Waals surface area contributed by atoms with Gasteiger partial charge in [-0.25, -0.2) is 0 Å². The largest absolute Gasteiger partial charge is 0.338 e. The van der Waals surface area contributed by atoms with Crippen molar-refractivity contribution in [2.75, 3.05) is 6.54 Å². The maximum absolute atomic E-state index is 12.5. The SMILES string of the molecule is CCCCC(N)C(=O)N1CCCC1C1CCCCC1. The fraction of sp³-hybridized carbons (Fsp3) is 0.938. The molecule has 2 fully saturated rings. The molecule has 0 bridgehead atoms. The molecule has 0 aromatic heterocycles. The standard InChI is InChI=1S/C16H30N2O/c1-2-3-10-14(17)16(19)18-12-7-11-15(18)13-8-5-4-6-9-13/h13-15H,2-12,17H2,1H3. The number of amides is 1. The molecule has 1 amide bonds. The fourth-order valence-electron chi connectivity index (χ4n) is 3.84. The Morgan fingerprint density at radius 2 is 1.95 bits per heavy atom. The topological polar surface area (TPSA) is 46.3 Å². The first kappa shape index (κ1) is 14.8. The van der Waals surface area contributed by atoms with Crippen LogP contribution in [0.1, 0.15) is 71.1 Å². The Hall–Kier alpha value is -0.570. The molecular formula is C16H30N2O. The molecule has 110 valence electrons. The van der Waals surface area contributed by atoms with Gasteiger partial charge in [-0.05, 0) is 38.0 Å². The smallest absolute Gasteiger partial charge is 0.239 e. The summed E-state index contributed by atoms with van der Waals surface area (Å²) in [7, 11) is 0. The number of nitrogens with zero attached hydrogens (tertiary/aromatic N) is 1. The van der Waals surface area contributed by atoms with Crippen molar-refractivity contribution < 1.29 is 4.79 Å². The molecule has 3 nitrogen and oxygen atoms in total. The summed E-state index contributed by atoms with van der Waals surface area (Å²) in [6, 6.07) is 0.240. The normalized spacial score (nSPS) is 26.6. The van der Waals surface area contributed by atoms with Crippen LogP contribution in [0.15, 0.2) is 0 Å². The number of nitrogens with two attached hydrogens (primary N) is 1. The third-order valence-electron chi connectivity index (χ3n) is 4.96. The van der Waals surface area contributed by atoms with E-state index < -0.39 is 0 Å². The second kappa shape index (κ2) is 7.28. The predicted molar refractivity (Wildman–Crippen MR) is 78.8 cm³/mol. The summed E-state index contributed by atoms with van der Waals surface area (Å²) < 4.78 is 0. The minimum absolute atomic E-state index is 0.224. The molecule has 0 aromatic rings. The average molecular weight is 266 g/mol. The molecule has 1 saturated carbocycles. The minimum Gasteiger partial charge on any atom is -0.338 e. The van der Waals surface area contributed by atoms with Gasteiger partial charge in [0.2, 0.25) is 5.91 Å². The molecule has 1 aliphatic heterocycles. The molecule has 3 heteroatoms. The molecule has 1 aliphatic carbocycles. The Morgan fingerprint density at radius 1 is 1.21 bits per heavy atom. The third kappa shape index (κ3) is 3.71. The fourth-order valence-corrected chi connectivity index (χ4v) is 3.84. The summed E-state index contributed by atoms with van der Waals surface area (Å²) in [5.41, 5.74) is 6.08. The lowest BCUT2D eigenvalue weighted by Gasteiger charge is -2.35. The molecule has 0 radical (unpaired) electrons. The Balaban J connectivity index is 1.91. The van der Waals surface area contributed by atoms with Crippen molar-refractivity contribution in [1.82, 2.24) is 4.90 Å². The number of hydrogen-bond donors (Lipinski definition) is 1. The van der Waals surface area contributed by atoms with Crippen LogP contribution in [-0.4, -0.2) is 29.4 Å². The molecule has 19 heavy (non-hydrogen) atoms. The second-order valence-corrected chi connectivity index (χ2v) is 6.39. The number of rotatable bonds is 5. The van der Waals surface area contributed by atoms with Gasteiger partial charge in [-0.3, -0.25) is 4.79 Å². The highest BCUT2D eigenvalue weighted by atomic mass is 16.2. The van der Waals surface area contributed by atoms with E-state index >= 15 is 0 Å². The van der Waals surface area contributed by atoms with Gasteiger partial charge in [0.15, 0.2) is 0 Å². The molecule has 1 saturated heterocycles. The minimum atomic E-state index is -0.260. The van der Waals surface area contributed by atoms with E-state index in [9.17, 15) is 4.79 Å². The summed E-state index contributed by atoms with van der Waals surface area (Å²) >= 11 is 0. The van der Waals surface area contributed by atoms with Gasteiger partial charge in [-0.2, -0.15) is 0 Å². The van der Waals surface area contributed by atoms with E-state index in [4.69, 9.17) is 5.73 Å². The molecule has 2 aliphatic rings. The van der Waals surface area contributed by atoms with Gasteiger partial charge in [0, 0.05) is 12.6 Å². The van der Waals surface area contributed by atoms with Crippen LogP contribution in [0.2, 0.25) is 0 Å². The highest BCUT2D eigenvalue weighted by Crippen LogP contribution is 2.34. The van der Waals surface area contributed by atoms with Crippen molar-refractivity contribution >= 4 is 5.91 Å². The quantitative estimate of drug-likeness (QED) is 0.831. The van der Waals surface area contributed by atoms with Crippen molar-refractivity contribution in [2.24, 2.45) is 11.7 Å². The van der Waals surface area contributed by atoms with E-state index in [1.54, 1.807) is 0 Å². The summed E-state index contributed by atoms with van der Waals surface area (Å²) in [4.78, 5) is 14.6. The lowest BCUT2D eigenvalue weighted by atomic mass is 9.83. The van der Waals surface area contributed by atoms with Gasteiger partial charge in [-0.15, -0.1) is 0 Å². The van der Waals surface area contributed by atoms with E-state index in [0.717, 1.165) is 31.7 Å². The van der Waals surface area contributed by atoms with Crippen molar-refractivity contribution in [2.45, 2.75) is 83.2 Å². The van der Waals surface area contributed by atoms with Crippen LogP contribution in [0.4, 0.5) is 0 Å². The van der Waals surface area contributed by atoms with Gasteiger partial charge < -0.3 is 10.6 Å². The van der Waals surface area contributed by atoms with Crippen LogP contribution in [0, 0.1) is 5.92 Å². The summed E-state index contributed by atoms with van der Waals surface area (Å²) in [6.45, 7) is 3.09. The lowest BCUT2D eigenvalue weighted by molar-refractivity contribution is -0.134. The first-order valence-corrected chi connectivity index (χ1v) is 8.30. The van der Waals surface area contributed by atoms with Crippen molar-refractivity contribution in [3.05, 3.63) is 0 Å². The Morgan fingerprint density at radius 3 is 2.63 bits per heavy atom. The number of carbonyl (C=O) groups excluding carboxylic acids is 1. The third-order valence-corrected chi connectivity index (χ3v) is 4.96. The first-order valence-electron chi connectivity index (χ1n) is 8.30. The molecule has 1 heterocycles. The van der Waals surface area contributed by atoms with Crippen LogP contribution >= 0.6 is 0 Å². The Bertz CT molecular complexity index is 286. The van der Waals surface area contributed by atoms with E-state index in [0.29, 0.717) is 6.04 Å². The molecule has 2 N–H and O–H groups in total. The van der Waals surface area contributed by atoms with Crippen LogP contribution < -0.4 is 5.73 Å². The van der Waals surface area contributed by atoms with Gasteiger partial charge in [0.1, 0.15) is 0 Å². The number of unbranched alkanes of at least 4 members (excludes halogenated alkanes) is 1. The van der Waals surface area contributed by atoms with Crippen molar-refractivity contribution in [3.63, 3.8) is 0 Å². The van der Waals surface area contributed by atoms with Gasteiger partial charge >= 0.3 is 0 Å². The van der Waals surface area contributed by atoms with Crippen LogP contribution in [-0.2, 0) is 4.79 Å². The zero-order chi connectivity index (χ0) is 13.7. The van der Waals surface area contributed by atoms with E-state index in [1.807, 2.05) is 0 Å². The van der Waals surface area contributed by atoms with E-state index in [2.05, 4.69) is 11.8 Å². The average Bonchev–Trinajstić information content (AvgIpc) is 2.94. The summed E-state index contributed by atoms with van der Waals surface area (Å²) in [6.07, 6.45) is 12.1.